The van der Waals surface area contributed by atoms with Crippen LogP contribution in [0, 0.1) is 13.8 Å². The van der Waals surface area contributed by atoms with E-state index in [4.69, 9.17) is 0 Å². The van der Waals surface area contributed by atoms with Gasteiger partial charge in [-0.1, -0.05) is 22.0 Å². The summed E-state index contributed by atoms with van der Waals surface area (Å²) in [7, 11) is 0. The summed E-state index contributed by atoms with van der Waals surface area (Å²) in [6.07, 6.45) is 1.97. The van der Waals surface area contributed by atoms with Crippen molar-refractivity contribution in [3.8, 4) is 5.69 Å². The number of carbonyl (C=O) groups excluding carboxylic acids is 1. The Hall–Kier alpha value is -1.59. The molecule has 1 aliphatic rings. The maximum absolute atomic E-state index is 12.8. The van der Waals surface area contributed by atoms with Gasteiger partial charge in [-0.05, 0) is 64.4 Å². The fourth-order valence-electron chi connectivity index (χ4n) is 3.53. The van der Waals surface area contributed by atoms with Gasteiger partial charge in [0, 0.05) is 33.6 Å². The lowest BCUT2D eigenvalue weighted by Crippen LogP contribution is -2.46. The van der Waals surface area contributed by atoms with Crippen molar-refractivity contribution in [1.29, 1.82) is 0 Å². The van der Waals surface area contributed by atoms with Crippen LogP contribution in [0.4, 0.5) is 0 Å². The third-order valence-corrected chi connectivity index (χ3v) is 5.19. The number of hydrogen-bond donors (Lipinski definition) is 2. The van der Waals surface area contributed by atoms with Crippen LogP contribution in [-0.2, 0) is 0 Å². The van der Waals surface area contributed by atoms with Crippen molar-refractivity contribution < 1.29 is 4.79 Å². The molecule has 2 atom stereocenters. The molecule has 2 heterocycles. The normalized spacial score (nSPS) is 20.8. The van der Waals surface area contributed by atoms with Crippen molar-refractivity contribution in [2.75, 3.05) is 6.54 Å². The van der Waals surface area contributed by atoms with Gasteiger partial charge in [0.05, 0.1) is 5.56 Å². The molecule has 2 N–H and O–H groups in total. The van der Waals surface area contributed by atoms with E-state index in [2.05, 4.69) is 50.2 Å². The molecule has 24 heavy (non-hydrogen) atoms. The molecule has 1 aliphatic heterocycles. The molecule has 4 nitrogen and oxygen atoms in total. The van der Waals surface area contributed by atoms with E-state index >= 15 is 0 Å². The van der Waals surface area contributed by atoms with E-state index in [1.165, 1.54) is 0 Å². The number of hydrogen-bond acceptors (Lipinski definition) is 2. The van der Waals surface area contributed by atoms with Gasteiger partial charge >= 0.3 is 0 Å². The number of nitrogens with zero attached hydrogens (tertiary/aromatic N) is 1. The fraction of sp³-hybridized carbons (Fsp3) is 0.421. The molecule has 0 radical (unpaired) electrons. The Bertz CT molecular complexity index is 753. The van der Waals surface area contributed by atoms with Gasteiger partial charge in [-0.25, -0.2) is 0 Å². The molecule has 1 saturated heterocycles. The van der Waals surface area contributed by atoms with Crippen LogP contribution in [0.5, 0.6) is 0 Å². The molecule has 5 heteroatoms. The second kappa shape index (κ2) is 7.11. The van der Waals surface area contributed by atoms with Gasteiger partial charge in [0.25, 0.3) is 5.91 Å². The number of nitrogens with one attached hydrogen (secondary N) is 2. The van der Waals surface area contributed by atoms with E-state index in [9.17, 15) is 4.79 Å². The Morgan fingerprint density at radius 1 is 1.33 bits per heavy atom. The summed E-state index contributed by atoms with van der Waals surface area (Å²) in [6.45, 7) is 7.17. The van der Waals surface area contributed by atoms with Crippen molar-refractivity contribution in [2.24, 2.45) is 0 Å². The summed E-state index contributed by atoms with van der Waals surface area (Å²) in [5.41, 5.74) is 3.87. The predicted octanol–water partition coefficient (Wildman–Crippen LogP) is 3.73. The summed E-state index contributed by atoms with van der Waals surface area (Å²) < 4.78 is 3.16. The van der Waals surface area contributed by atoms with Crippen LogP contribution in [0.25, 0.3) is 5.69 Å². The summed E-state index contributed by atoms with van der Waals surface area (Å²) in [4.78, 5) is 12.8. The number of amides is 1. The van der Waals surface area contributed by atoms with Crippen molar-refractivity contribution in [1.82, 2.24) is 15.2 Å². The Labute approximate surface area is 151 Å². The Morgan fingerprint density at radius 2 is 2.12 bits per heavy atom. The van der Waals surface area contributed by atoms with Crippen LogP contribution in [0.15, 0.2) is 34.8 Å². The Balaban J connectivity index is 1.84. The second-order valence-corrected chi connectivity index (χ2v) is 7.57. The van der Waals surface area contributed by atoms with Crippen LogP contribution >= 0.6 is 15.9 Å². The second-order valence-electron chi connectivity index (χ2n) is 6.65. The van der Waals surface area contributed by atoms with Crippen LogP contribution in [0.1, 0.15) is 41.5 Å². The number of aromatic nitrogens is 1. The minimum absolute atomic E-state index is 0.0310. The predicted molar refractivity (Wildman–Crippen MR) is 101 cm³/mol. The maximum Gasteiger partial charge on any atom is 0.253 e. The van der Waals surface area contributed by atoms with E-state index in [1.54, 1.807) is 0 Å². The number of piperidine rings is 1. The molecule has 2 unspecified atom stereocenters. The zero-order valence-corrected chi connectivity index (χ0v) is 16.0. The largest absolute Gasteiger partial charge is 0.349 e. The van der Waals surface area contributed by atoms with Gasteiger partial charge in [-0.2, -0.15) is 0 Å². The zero-order chi connectivity index (χ0) is 17.3. The first-order valence-electron chi connectivity index (χ1n) is 8.45. The monoisotopic (exact) mass is 389 g/mol. The minimum atomic E-state index is 0.0310. The highest BCUT2D eigenvalue weighted by Crippen LogP contribution is 2.23. The van der Waals surface area contributed by atoms with E-state index in [1.807, 2.05) is 32.0 Å². The quantitative estimate of drug-likeness (QED) is 0.839. The fourth-order valence-corrected chi connectivity index (χ4v) is 3.92. The van der Waals surface area contributed by atoms with E-state index in [0.29, 0.717) is 6.04 Å². The van der Waals surface area contributed by atoms with Gasteiger partial charge < -0.3 is 15.2 Å². The van der Waals surface area contributed by atoms with Crippen LogP contribution in [0.3, 0.4) is 0 Å². The highest BCUT2D eigenvalue weighted by atomic mass is 79.9. The van der Waals surface area contributed by atoms with Gasteiger partial charge in [0.1, 0.15) is 0 Å². The van der Waals surface area contributed by atoms with Crippen LogP contribution < -0.4 is 10.6 Å². The first-order valence-corrected chi connectivity index (χ1v) is 9.24. The molecule has 0 aliphatic carbocycles. The summed E-state index contributed by atoms with van der Waals surface area (Å²) >= 11 is 3.52. The van der Waals surface area contributed by atoms with Gasteiger partial charge in [-0.15, -0.1) is 0 Å². The van der Waals surface area contributed by atoms with Gasteiger partial charge in [0.2, 0.25) is 0 Å². The Kier molecular flexibility index (Phi) is 5.11. The van der Waals surface area contributed by atoms with E-state index in [-0.39, 0.29) is 11.9 Å². The number of halogens is 1. The van der Waals surface area contributed by atoms with Crippen LogP contribution in [-0.4, -0.2) is 29.1 Å². The molecule has 1 aromatic carbocycles. The standard InChI is InChI=1S/C19H24BrN3O/c1-12-9-16(7-8-21-12)22-19(24)18-10-13(2)23(14(18)3)17-6-4-5-15(20)11-17/h4-6,10-12,16,21H,7-9H2,1-3H3,(H,22,24). The zero-order valence-electron chi connectivity index (χ0n) is 14.4. The first-order chi connectivity index (χ1) is 11.5. The lowest BCUT2D eigenvalue weighted by atomic mass is 10.0. The highest BCUT2D eigenvalue weighted by molar-refractivity contribution is 9.10. The Morgan fingerprint density at radius 3 is 2.83 bits per heavy atom. The van der Waals surface area contributed by atoms with Gasteiger partial charge in [-0.3, -0.25) is 4.79 Å². The van der Waals surface area contributed by atoms with Crippen molar-refractivity contribution >= 4 is 21.8 Å². The third-order valence-electron chi connectivity index (χ3n) is 4.70. The first kappa shape index (κ1) is 17.2. The average molecular weight is 390 g/mol. The van der Waals surface area contributed by atoms with Crippen molar-refractivity contribution in [3.05, 3.63) is 51.8 Å². The molecule has 1 aromatic heterocycles. The lowest BCUT2D eigenvalue weighted by Gasteiger charge is -2.28. The van der Waals surface area contributed by atoms with Crippen molar-refractivity contribution in [3.63, 3.8) is 0 Å². The highest BCUT2D eigenvalue weighted by Gasteiger charge is 2.23. The average Bonchev–Trinajstić information content (AvgIpc) is 2.82. The molecule has 1 amide bonds. The number of rotatable bonds is 3. The van der Waals surface area contributed by atoms with Crippen molar-refractivity contribution in [2.45, 2.75) is 45.7 Å². The molecule has 2 aromatic rings. The number of carbonyl (C=O) groups is 1. The number of aryl methyl sites for hydroxylation is 1. The molecule has 0 bridgehead atoms. The molecule has 1 fully saturated rings. The SMILES string of the molecule is Cc1cc(C(=O)NC2CCNC(C)C2)c(C)n1-c1cccc(Br)c1. The lowest BCUT2D eigenvalue weighted by molar-refractivity contribution is 0.0925. The molecular formula is C19H24BrN3O. The van der Waals surface area contributed by atoms with Crippen LogP contribution in [0.2, 0.25) is 0 Å². The maximum atomic E-state index is 12.8. The number of benzene rings is 1. The molecule has 3 rings (SSSR count). The minimum Gasteiger partial charge on any atom is -0.349 e. The van der Waals surface area contributed by atoms with E-state index in [0.717, 1.165) is 46.5 Å². The summed E-state index contributed by atoms with van der Waals surface area (Å²) in [5, 5.41) is 6.62. The molecule has 0 spiro atoms. The topological polar surface area (TPSA) is 46.1 Å². The summed E-state index contributed by atoms with van der Waals surface area (Å²) in [5.74, 6) is 0.0310. The van der Waals surface area contributed by atoms with Gasteiger partial charge in [0.15, 0.2) is 0 Å². The smallest absolute Gasteiger partial charge is 0.253 e. The molecular weight excluding hydrogens is 366 g/mol. The van der Waals surface area contributed by atoms with E-state index < -0.39 is 0 Å². The molecule has 128 valence electrons. The third kappa shape index (κ3) is 3.57. The molecule has 0 saturated carbocycles. The summed E-state index contributed by atoms with van der Waals surface area (Å²) in [6, 6.07) is 10.8.